The highest BCUT2D eigenvalue weighted by atomic mass is 16.6. The van der Waals surface area contributed by atoms with Crippen LogP contribution < -0.4 is 0 Å². The number of aromatic nitrogens is 1. The molecule has 18 heteroatoms. The first kappa shape index (κ1) is 129. The summed E-state index contributed by atoms with van der Waals surface area (Å²) in [4.78, 5) is 111. The number of pyridine rings is 1. The third kappa shape index (κ3) is 91.6. The largest absolute Gasteiger partial charge is 0.462 e. The van der Waals surface area contributed by atoms with Gasteiger partial charge in [-0.2, -0.15) is 0 Å². The van der Waals surface area contributed by atoms with Crippen LogP contribution in [-0.4, -0.2) is 156 Å². The summed E-state index contributed by atoms with van der Waals surface area (Å²) in [6, 6.07) is 4.07. The van der Waals surface area contributed by atoms with Crippen LogP contribution in [0, 0.1) is 48.7 Å². The zero-order chi connectivity index (χ0) is 96.1. The van der Waals surface area contributed by atoms with E-state index in [0.29, 0.717) is 32.7 Å². The van der Waals surface area contributed by atoms with Crippen LogP contribution in [0.5, 0.6) is 0 Å². The van der Waals surface area contributed by atoms with Crippen molar-refractivity contribution in [1.82, 2.24) is 24.6 Å². The van der Waals surface area contributed by atoms with Gasteiger partial charge in [-0.05, 0) is 170 Å². The molecule has 0 aliphatic carbocycles. The van der Waals surface area contributed by atoms with Crippen LogP contribution in [0.2, 0.25) is 0 Å². The maximum absolute atomic E-state index is 11.4. The van der Waals surface area contributed by atoms with Gasteiger partial charge in [-0.1, -0.05) is 290 Å². The number of hydrogen-bond acceptors (Lipinski definition) is 14. The van der Waals surface area contributed by atoms with Gasteiger partial charge in [-0.25, -0.2) is 19.2 Å². The molecule has 1 aromatic heterocycles. The van der Waals surface area contributed by atoms with Crippen molar-refractivity contribution in [2.45, 2.75) is 300 Å². The van der Waals surface area contributed by atoms with Crippen molar-refractivity contribution in [3.8, 4) is 0 Å². The molecule has 0 aromatic carbocycles. The lowest BCUT2D eigenvalue weighted by atomic mass is 9.86. The summed E-state index contributed by atoms with van der Waals surface area (Å²) in [6.07, 6.45) is 25.3. The normalized spacial score (nSPS) is 11.7. The highest BCUT2D eigenvalue weighted by molar-refractivity contribution is 5.91. The molecule has 2 atom stereocenters. The van der Waals surface area contributed by atoms with Crippen LogP contribution in [0.25, 0.3) is 6.08 Å². The Balaban J connectivity index is -0.000000162. The van der Waals surface area contributed by atoms with E-state index in [4.69, 9.17) is 18.9 Å². The number of rotatable bonds is 27. The second-order valence-corrected chi connectivity index (χ2v) is 40.4. The SMILES string of the molecule is C/C=C/C(=O)OC(C)C(C)(C)C.C/C=C/C(=O)OCC(C)(C)C.C=CC(=O)N(CC)CC(C)(C)C.C=CC(=O)N(CC)CCC(C)(C)C.C=CC(=O)OC(C)C(C)(C)C.C=CC(=O)OCC(C)(C)C.C=CCN(CC(C)(C)C)C(=O)C=C.C=CCN(CCC(C)(C)C)C(=O)C=C.C=Cc1ncccc1C(C)(C)C.CC(C)=CC(=O)CC(C)(C)C. The van der Waals surface area contributed by atoms with Crippen molar-refractivity contribution in [3.05, 3.63) is 173 Å². The minimum atomic E-state index is -0.354. The first-order valence-electron chi connectivity index (χ1n) is 41.5. The fourth-order valence-electron chi connectivity index (χ4n) is 8.06. The molecule has 18 nitrogen and oxygen atoms in total. The summed E-state index contributed by atoms with van der Waals surface area (Å²) >= 11 is 0. The summed E-state index contributed by atoms with van der Waals surface area (Å²) in [6.45, 7) is 116. The number of likely N-dealkylation sites (N-methyl/N-ethyl adjacent to an activating group) is 2. The molecule has 0 saturated heterocycles. The maximum Gasteiger partial charge on any atom is 0.330 e. The zero-order valence-corrected chi connectivity index (χ0v) is 83.1. The Morgan fingerprint density at radius 3 is 1.05 bits per heavy atom. The Bertz CT molecular complexity index is 3250. The molecule has 4 amide bonds. The van der Waals surface area contributed by atoms with Crippen molar-refractivity contribution >= 4 is 59.4 Å². The molecule has 0 radical (unpaired) electrons. The third-order valence-electron chi connectivity index (χ3n) is 15.3. The van der Waals surface area contributed by atoms with Crippen LogP contribution >= 0.6 is 0 Å². The minimum Gasteiger partial charge on any atom is -0.462 e. The van der Waals surface area contributed by atoms with Crippen molar-refractivity contribution in [2.24, 2.45) is 48.7 Å². The molecule has 0 fully saturated rings. The summed E-state index contributed by atoms with van der Waals surface area (Å²) < 4.78 is 19.9. The standard InChI is InChI=1S/C12H21NO.C11H21NO.C11H19NO.C11H15N.C10H19NO.C10H18O2.C10H18O.2C9H16O2.C8H14O2/c1-6-9-13(11(14)7-2)10-8-12(3,4)5;1-6-10(13)12(7-2)9-8-11(3,4)5;1-6-8-12(10(13)7-2)9-11(3,4)5;1-5-10-9(11(2,3)4)7-6-8-12-10;1-6-9(12)11(7-2)8-10(3,4)5;1-6-7-9(11)12-8(2)10(3,4)5;1-8(2)6-9(11)7-10(3,4)5;1-6-8(10)11-7(2)9(3,4)5;1-5-6-8(10)11-7-9(2,3)4;1-5-7(9)10-6-8(2,3)4/h6-7H,1-2,8-10H2,3-5H3;6H,1,7-9H2,2-5H3;6-7H,1-2,8-9H2,3-5H3;5-8H,1H2,2-4H3;6H,1,7-8H2,2-5H3;6-8H,1-5H3;6H,7H2,1-5H3;6-7H,1H2,2-5H3;5-6H,7H2,1-4H3;5H,1,6H2,2-4H3/b;;;;;7-6+;;;6-5+;. The summed E-state index contributed by atoms with van der Waals surface area (Å²) in [5, 5.41) is 0. The minimum absolute atomic E-state index is 0.00132. The van der Waals surface area contributed by atoms with Crippen molar-refractivity contribution in [3.63, 3.8) is 0 Å². The number of carbonyl (C=O) groups is 9. The highest BCUT2D eigenvalue weighted by Crippen LogP contribution is 2.27. The topological polar surface area (TPSA) is 216 Å². The lowest BCUT2D eigenvalue weighted by Crippen LogP contribution is -2.36. The number of hydrogen-bond donors (Lipinski definition) is 0. The number of carbonyl (C=O) groups excluding carboxylic acids is 9. The Morgan fingerprint density at radius 2 is 0.756 bits per heavy atom. The third-order valence-corrected chi connectivity index (χ3v) is 15.3. The van der Waals surface area contributed by atoms with Gasteiger partial charge in [0.25, 0.3) is 0 Å². The molecule has 1 aromatic rings. The van der Waals surface area contributed by atoms with E-state index in [9.17, 15) is 43.2 Å². The van der Waals surface area contributed by atoms with E-state index < -0.39 is 0 Å². The molecule has 0 spiro atoms. The molecule has 1 rings (SSSR count). The first-order valence-corrected chi connectivity index (χ1v) is 41.5. The lowest BCUT2D eigenvalue weighted by Gasteiger charge is -2.28. The number of ketones is 1. The monoisotopic (exact) mass is 1670 g/mol. The van der Waals surface area contributed by atoms with Gasteiger partial charge in [-0.15, -0.1) is 13.2 Å². The molecular weight excluding hydrogens is 1490 g/mol. The van der Waals surface area contributed by atoms with E-state index in [0.717, 1.165) is 63.4 Å². The molecule has 0 aliphatic heterocycles. The molecule has 0 N–H and O–H groups in total. The quantitative estimate of drug-likeness (QED) is 0.0347. The smallest absolute Gasteiger partial charge is 0.330 e. The van der Waals surface area contributed by atoms with Crippen LogP contribution in [0.3, 0.4) is 0 Å². The van der Waals surface area contributed by atoms with E-state index in [1.165, 1.54) is 54.2 Å². The van der Waals surface area contributed by atoms with Crippen LogP contribution in [0.1, 0.15) is 294 Å². The summed E-state index contributed by atoms with van der Waals surface area (Å²) in [5.74, 6) is -0.995. The molecule has 0 aliphatic rings. The average Bonchev–Trinajstić information content (AvgIpc) is 0.837. The maximum atomic E-state index is 11.4. The number of allylic oxidation sites excluding steroid dienone is 4. The summed E-state index contributed by atoms with van der Waals surface area (Å²) in [5.41, 5.74) is 4.50. The van der Waals surface area contributed by atoms with Crippen LogP contribution in [0.15, 0.2) is 162 Å². The molecule has 119 heavy (non-hydrogen) atoms. The highest BCUT2D eigenvalue weighted by Gasteiger charge is 2.26. The number of ether oxygens (including phenoxy) is 4. The number of esters is 4. The van der Waals surface area contributed by atoms with Gasteiger partial charge in [0.1, 0.15) is 12.2 Å². The van der Waals surface area contributed by atoms with Crippen molar-refractivity contribution in [1.29, 1.82) is 0 Å². The molecule has 0 bridgehead atoms. The molecule has 0 saturated carbocycles. The zero-order valence-electron chi connectivity index (χ0n) is 83.1. The lowest BCUT2D eigenvalue weighted by molar-refractivity contribution is -0.147. The van der Waals surface area contributed by atoms with Crippen LogP contribution in [0.4, 0.5) is 0 Å². The van der Waals surface area contributed by atoms with Gasteiger partial charge in [-0.3, -0.25) is 29.0 Å². The second-order valence-electron chi connectivity index (χ2n) is 40.4. The van der Waals surface area contributed by atoms with Gasteiger partial charge in [0.2, 0.25) is 23.6 Å². The predicted octanol–water partition coefficient (Wildman–Crippen LogP) is 24.0. The van der Waals surface area contributed by atoms with Gasteiger partial charge in [0, 0.05) is 89.3 Å². The second kappa shape index (κ2) is 65.3. The Kier molecular flexibility index (Phi) is 70.5. The van der Waals surface area contributed by atoms with Crippen LogP contribution in [-0.2, 0) is 67.5 Å². The molecular formula is C101H177N5O13. The molecule has 2 unspecified atom stereocenters. The van der Waals surface area contributed by atoms with E-state index in [-0.39, 0.29) is 120 Å². The predicted molar refractivity (Wildman–Crippen MR) is 508 cm³/mol. The van der Waals surface area contributed by atoms with Gasteiger partial charge in [0.15, 0.2) is 5.78 Å². The fraction of sp³-hybridized carbons (Fsp3) is 0.624. The van der Waals surface area contributed by atoms with E-state index in [1.54, 1.807) is 71.2 Å². The number of amides is 4. The summed E-state index contributed by atoms with van der Waals surface area (Å²) in [7, 11) is 0. The first-order chi connectivity index (χ1) is 53.6. The Morgan fingerprint density at radius 1 is 0.420 bits per heavy atom. The van der Waals surface area contributed by atoms with Gasteiger partial charge < -0.3 is 38.5 Å². The van der Waals surface area contributed by atoms with Gasteiger partial charge in [0.05, 0.1) is 18.9 Å². The van der Waals surface area contributed by atoms with Crippen molar-refractivity contribution in [2.75, 3.05) is 65.6 Å². The van der Waals surface area contributed by atoms with E-state index in [2.05, 4.69) is 195 Å². The average molecular weight is 1670 g/mol. The Hall–Kier alpha value is -8.54. The number of nitrogens with zero attached hydrogens (tertiary/aromatic N) is 5. The molecule has 684 valence electrons. The Labute approximate surface area is 729 Å². The fourth-order valence-corrected chi connectivity index (χ4v) is 8.06. The van der Waals surface area contributed by atoms with E-state index in [1.807, 2.05) is 136 Å². The molecule has 1 heterocycles. The van der Waals surface area contributed by atoms with Crippen molar-refractivity contribution < 1.29 is 62.1 Å². The van der Waals surface area contributed by atoms with E-state index >= 15 is 0 Å². The van der Waals surface area contributed by atoms with Gasteiger partial charge >= 0.3 is 23.9 Å².